The maximum atomic E-state index is 11.5. The van der Waals surface area contributed by atoms with E-state index in [-0.39, 0.29) is 13.2 Å². The van der Waals surface area contributed by atoms with Gasteiger partial charge in [0.1, 0.15) is 24.7 Å². The van der Waals surface area contributed by atoms with E-state index in [9.17, 15) is 19.8 Å². The van der Waals surface area contributed by atoms with E-state index in [1.165, 1.54) is 14.2 Å². The van der Waals surface area contributed by atoms with Crippen molar-refractivity contribution in [2.75, 3.05) is 27.4 Å². The molecular weight excluding hydrogens is 464 g/mol. The number of ether oxygens (including phenoxy) is 4. The molecule has 0 radical (unpaired) electrons. The number of carboxylic acid groups (broad SMARTS) is 2. The average Bonchev–Trinajstić information content (AvgIpc) is 2.88. The molecule has 2 atom stereocenters. The van der Waals surface area contributed by atoms with Crippen LogP contribution < -0.4 is 9.47 Å². The van der Waals surface area contributed by atoms with E-state index in [0.29, 0.717) is 22.6 Å². The highest BCUT2D eigenvalue weighted by atomic mass is 16.6. The maximum Gasteiger partial charge on any atom is 0.336 e. The smallest absolute Gasteiger partial charge is 0.336 e. The molecule has 0 saturated carbocycles. The Labute approximate surface area is 207 Å². The van der Waals surface area contributed by atoms with Gasteiger partial charge in [-0.2, -0.15) is 0 Å². The molecule has 0 fully saturated rings. The van der Waals surface area contributed by atoms with Crippen molar-refractivity contribution in [3.05, 3.63) is 72.8 Å². The van der Waals surface area contributed by atoms with Crippen molar-refractivity contribution in [1.29, 1.82) is 0 Å². The molecule has 36 heavy (non-hydrogen) atoms. The first kappa shape index (κ1) is 25.0. The lowest BCUT2D eigenvalue weighted by Crippen LogP contribution is -2.29. The Balaban J connectivity index is 1.92. The lowest BCUT2D eigenvalue weighted by atomic mass is 9.92. The van der Waals surface area contributed by atoms with Crippen LogP contribution in [0.4, 0.5) is 0 Å². The van der Waals surface area contributed by atoms with Crippen LogP contribution in [0.15, 0.2) is 72.8 Å². The largest absolute Gasteiger partial charge is 0.490 e. The normalized spacial score (nSPS) is 12.8. The van der Waals surface area contributed by atoms with E-state index in [2.05, 4.69) is 0 Å². The summed E-state index contributed by atoms with van der Waals surface area (Å²) in [4.78, 5) is 23.0. The third-order valence-electron chi connectivity index (χ3n) is 5.93. The third-order valence-corrected chi connectivity index (χ3v) is 5.93. The highest BCUT2D eigenvalue weighted by Crippen LogP contribution is 2.45. The SMILES string of the molecule is COC(COc1ccc2ccccc2c1-c1c(OCC(OC)C(=O)O)ccc2ccccc12)C(=O)O. The predicted molar refractivity (Wildman–Crippen MR) is 135 cm³/mol. The molecular formula is C28H26O8. The van der Waals surface area contributed by atoms with Crippen molar-refractivity contribution in [3.8, 4) is 22.6 Å². The summed E-state index contributed by atoms with van der Waals surface area (Å²) >= 11 is 0. The number of carbonyl (C=O) groups is 2. The summed E-state index contributed by atoms with van der Waals surface area (Å²) in [6.45, 7) is -0.411. The standard InChI is InChI=1S/C28H26O8/c1-33-23(27(29)30)15-35-21-13-11-17-7-3-5-9-19(17)25(21)26-20-10-6-4-8-18(20)12-14-22(26)36-16-24(34-2)28(31)32/h3-14,23-24H,15-16H2,1-2H3,(H,29,30)(H,31,32). The summed E-state index contributed by atoms with van der Waals surface area (Å²) in [5.41, 5.74) is 1.40. The van der Waals surface area contributed by atoms with Crippen LogP contribution in [0.2, 0.25) is 0 Å². The lowest BCUT2D eigenvalue weighted by Gasteiger charge is -2.21. The van der Waals surface area contributed by atoms with Crippen LogP contribution in [0.1, 0.15) is 0 Å². The van der Waals surface area contributed by atoms with Crippen LogP contribution in [-0.2, 0) is 19.1 Å². The molecule has 0 aliphatic heterocycles. The Bertz CT molecular complexity index is 1290. The Morgan fingerprint density at radius 2 is 1.03 bits per heavy atom. The molecule has 8 heteroatoms. The van der Waals surface area contributed by atoms with Gasteiger partial charge >= 0.3 is 11.9 Å². The van der Waals surface area contributed by atoms with Crippen molar-refractivity contribution in [2.24, 2.45) is 0 Å². The van der Waals surface area contributed by atoms with Gasteiger partial charge in [0.15, 0.2) is 12.2 Å². The van der Waals surface area contributed by atoms with Crippen LogP contribution in [0.25, 0.3) is 32.7 Å². The fourth-order valence-electron chi connectivity index (χ4n) is 4.07. The zero-order chi connectivity index (χ0) is 25.7. The van der Waals surface area contributed by atoms with Gasteiger partial charge in [0.25, 0.3) is 0 Å². The minimum atomic E-state index is -1.15. The van der Waals surface area contributed by atoms with Crippen molar-refractivity contribution in [1.82, 2.24) is 0 Å². The molecule has 0 spiro atoms. The van der Waals surface area contributed by atoms with E-state index in [4.69, 9.17) is 18.9 Å². The van der Waals surface area contributed by atoms with Gasteiger partial charge in [-0.25, -0.2) is 9.59 Å². The van der Waals surface area contributed by atoms with Crippen molar-refractivity contribution >= 4 is 33.5 Å². The summed E-state index contributed by atoms with van der Waals surface area (Å²) in [7, 11) is 2.63. The number of benzene rings is 4. The van der Waals surface area contributed by atoms with Crippen LogP contribution in [0.3, 0.4) is 0 Å². The summed E-state index contributed by atoms with van der Waals surface area (Å²) in [6.07, 6.45) is -2.30. The van der Waals surface area contributed by atoms with Gasteiger partial charge in [-0.1, -0.05) is 60.7 Å². The fourth-order valence-corrected chi connectivity index (χ4v) is 4.07. The van der Waals surface area contributed by atoms with Crippen LogP contribution in [0.5, 0.6) is 11.5 Å². The van der Waals surface area contributed by atoms with Gasteiger partial charge in [0.2, 0.25) is 0 Å². The summed E-state index contributed by atoms with van der Waals surface area (Å²) in [5, 5.41) is 22.4. The molecule has 2 N–H and O–H groups in total. The maximum absolute atomic E-state index is 11.5. The van der Waals surface area contributed by atoms with Gasteiger partial charge < -0.3 is 29.2 Å². The molecule has 0 aromatic heterocycles. The van der Waals surface area contributed by atoms with Gasteiger partial charge in [-0.3, -0.25) is 0 Å². The van der Waals surface area contributed by atoms with Gasteiger partial charge in [0, 0.05) is 25.3 Å². The summed E-state index contributed by atoms with van der Waals surface area (Å²) in [5.74, 6) is -1.37. The van der Waals surface area contributed by atoms with Crippen LogP contribution in [0, 0.1) is 0 Å². The zero-order valence-corrected chi connectivity index (χ0v) is 19.8. The highest BCUT2D eigenvalue weighted by Gasteiger charge is 2.23. The molecule has 0 saturated heterocycles. The number of fused-ring (bicyclic) bond motifs is 2. The summed E-state index contributed by atoms with van der Waals surface area (Å²) < 4.78 is 22.1. The minimum absolute atomic E-state index is 0.205. The van der Waals surface area contributed by atoms with Crippen molar-refractivity contribution < 1.29 is 38.7 Å². The first-order valence-electron chi connectivity index (χ1n) is 11.2. The molecule has 0 amide bonds. The summed E-state index contributed by atoms with van der Waals surface area (Å²) in [6, 6.07) is 22.9. The first-order chi connectivity index (χ1) is 17.4. The number of rotatable bonds is 11. The van der Waals surface area contributed by atoms with E-state index >= 15 is 0 Å². The second-order valence-corrected chi connectivity index (χ2v) is 8.07. The molecule has 0 bridgehead atoms. The third kappa shape index (κ3) is 5.10. The number of aliphatic carboxylic acids is 2. The lowest BCUT2D eigenvalue weighted by molar-refractivity contribution is -0.151. The Hall–Kier alpha value is -4.14. The van der Waals surface area contributed by atoms with Crippen molar-refractivity contribution in [3.63, 3.8) is 0 Å². The van der Waals surface area contributed by atoms with E-state index < -0.39 is 24.1 Å². The van der Waals surface area contributed by atoms with Crippen molar-refractivity contribution in [2.45, 2.75) is 12.2 Å². The molecule has 0 aliphatic rings. The Morgan fingerprint density at radius 3 is 1.39 bits per heavy atom. The molecule has 8 nitrogen and oxygen atoms in total. The van der Waals surface area contributed by atoms with Gasteiger partial charge in [-0.05, 0) is 33.7 Å². The number of hydrogen-bond acceptors (Lipinski definition) is 6. The molecule has 2 unspecified atom stereocenters. The molecule has 4 aromatic carbocycles. The number of hydrogen-bond donors (Lipinski definition) is 2. The number of methoxy groups -OCH3 is 2. The van der Waals surface area contributed by atoms with E-state index in [1.54, 1.807) is 12.1 Å². The predicted octanol–water partition coefficient (Wildman–Crippen LogP) is 4.62. The minimum Gasteiger partial charge on any atom is -0.490 e. The second-order valence-electron chi connectivity index (χ2n) is 8.07. The fraction of sp³-hybridized carbons (Fsp3) is 0.214. The zero-order valence-electron chi connectivity index (χ0n) is 19.8. The van der Waals surface area contributed by atoms with Gasteiger partial charge in [0.05, 0.1) is 0 Å². The molecule has 0 heterocycles. The quantitative estimate of drug-likeness (QED) is 0.313. The second kappa shape index (κ2) is 11.1. The van der Waals surface area contributed by atoms with Crippen LogP contribution >= 0.6 is 0 Å². The first-order valence-corrected chi connectivity index (χ1v) is 11.2. The topological polar surface area (TPSA) is 112 Å². The number of carboxylic acids is 2. The molecule has 4 rings (SSSR count). The Morgan fingerprint density at radius 1 is 0.639 bits per heavy atom. The van der Waals surface area contributed by atoms with Crippen LogP contribution in [-0.4, -0.2) is 61.8 Å². The average molecular weight is 491 g/mol. The molecule has 0 aliphatic carbocycles. The Kier molecular flexibility index (Phi) is 7.68. The monoisotopic (exact) mass is 490 g/mol. The molecule has 186 valence electrons. The van der Waals surface area contributed by atoms with E-state index in [1.807, 2.05) is 60.7 Å². The van der Waals surface area contributed by atoms with Gasteiger partial charge in [-0.15, -0.1) is 0 Å². The molecule has 4 aromatic rings. The highest BCUT2D eigenvalue weighted by molar-refractivity contribution is 6.09. The van der Waals surface area contributed by atoms with E-state index in [0.717, 1.165) is 21.5 Å².